The Hall–Kier alpha value is -0.300. The molecule has 1 heteroatoms. The molecule has 4 fully saturated rings. The molecule has 0 spiro atoms. The second-order valence-electron chi connectivity index (χ2n) is 6.56. The molecule has 0 atom stereocenters. The van der Waals surface area contributed by atoms with Gasteiger partial charge in [-0.25, -0.2) is 0 Å². The summed E-state index contributed by atoms with van der Waals surface area (Å²) in [4.78, 5) is 0. The van der Waals surface area contributed by atoms with Gasteiger partial charge in [-0.05, 0) is 81.6 Å². The molecule has 0 radical (unpaired) electrons. The van der Waals surface area contributed by atoms with Gasteiger partial charge in [0.2, 0.25) is 0 Å². The van der Waals surface area contributed by atoms with Crippen LogP contribution in [0.25, 0.3) is 0 Å². The van der Waals surface area contributed by atoms with Crippen LogP contribution in [0.5, 0.6) is 0 Å². The Morgan fingerprint density at radius 2 is 1.62 bits per heavy atom. The molecule has 90 valence electrons. The third kappa shape index (κ3) is 1.84. The van der Waals surface area contributed by atoms with E-state index in [1.54, 1.807) is 12.0 Å². The van der Waals surface area contributed by atoms with E-state index in [1.165, 1.54) is 25.7 Å². The van der Waals surface area contributed by atoms with Crippen LogP contribution in [0, 0.1) is 29.6 Å². The molecule has 4 rings (SSSR count). The average molecular weight is 219 g/mol. The Morgan fingerprint density at radius 1 is 1.06 bits per heavy atom. The fourth-order valence-electron chi connectivity index (χ4n) is 4.88. The molecule has 4 aliphatic rings. The van der Waals surface area contributed by atoms with Crippen LogP contribution < -0.4 is 5.73 Å². The Morgan fingerprint density at radius 3 is 2.12 bits per heavy atom. The van der Waals surface area contributed by atoms with E-state index >= 15 is 0 Å². The van der Waals surface area contributed by atoms with Crippen molar-refractivity contribution in [1.82, 2.24) is 0 Å². The van der Waals surface area contributed by atoms with Crippen molar-refractivity contribution in [2.45, 2.75) is 45.4 Å². The Labute approximate surface area is 99.5 Å². The minimum absolute atomic E-state index is 0.815. The molecule has 2 N–H and O–H groups in total. The molecule has 0 aromatic carbocycles. The van der Waals surface area contributed by atoms with E-state index in [1.807, 2.05) is 0 Å². The van der Waals surface area contributed by atoms with Crippen LogP contribution in [0.3, 0.4) is 0 Å². The molecule has 4 bridgehead atoms. The molecule has 0 aromatic heterocycles. The van der Waals surface area contributed by atoms with Gasteiger partial charge in [0, 0.05) is 0 Å². The van der Waals surface area contributed by atoms with Gasteiger partial charge in [-0.2, -0.15) is 0 Å². The van der Waals surface area contributed by atoms with Gasteiger partial charge in [0.1, 0.15) is 0 Å². The first-order chi connectivity index (χ1) is 7.76. The third-order valence-electron chi connectivity index (χ3n) is 5.32. The second-order valence-corrected chi connectivity index (χ2v) is 6.56. The molecule has 1 nitrogen and oxygen atoms in total. The highest BCUT2D eigenvalue weighted by atomic mass is 14.5. The summed E-state index contributed by atoms with van der Waals surface area (Å²) in [6.45, 7) is 3.09. The van der Waals surface area contributed by atoms with Crippen LogP contribution in [-0.2, 0) is 0 Å². The summed E-state index contributed by atoms with van der Waals surface area (Å²) < 4.78 is 0. The van der Waals surface area contributed by atoms with Crippen LogP contribution in [-0.4, -0.2) is 6.54 Å². The van der Waals surface area contributed by atoms with Crippen LogP contribution in [0.2, 0.25) is 0 Å². The number of hydrogen-bond acceptors (Lipinski definition) is 1. The lowest BCUT2D eigenvalue weighted by molar-refractivity contribution is -0.0164. The topological polar surface area (TPSA) is 26.0 Å². The van der Waals surface area contributed by atoms with Crippen molar-refractivity contribution in [2.24, 2.45) is 35.3 Å². The lowest BCUT2D eigenvalue weighted by Gasteiger charge is -2.54. The maximum atomic E-state index is 5.64. The van der Waals surface area contributed by atoms with Crippen LogP contribution in [0.15, 0.2) is 11.6 Å². The molecule has 4 saturated carbocycles. The second kappa shape index (κ2) is 4.18. The number of nitrogens with two attached hydrogens (primary N) is 1. The predicted octanol–water partition coefficient (Wildman–Crippen LogP) is 3.35. The van der Waals surface area contributed by atoms with Gasteiger partial charge in [-0.15, -0.1) is 0 Å². The summed E-state index contributed by atoms with van der Waals surface area (Å²) >= 11 is 0. The van der Waals surface area contributed by atoms with Gasteiger partial charge in [0.15, 0.2) is 0 Å². The maximum absolute atomic E-state index is 5.64. The molecule has 4 aliphatic carbocycles. The summed E-state index contributed by atoms with van der Waals surface area (Å²) in [5.74, 6) is 5.18. The molecule has 0 heterocycles. The zero-order valence-corrected chi connectivity index (χ0v) is 10.5. The molecule has 0 amide bonds. The summed E-state index contributed by atoms with van der Waals surface area (Å²) in [6, 6.07) is 0. The van der Waals surface area contributed by atoms with Gasteiger partial charge < -0.3 is 5.73 Å². The summed E-state index contributed by atoms with van der Waals surface area (Å²) in [7, 11) is 0. The highest BCUT2D eigenvalue weighted by Gasteiger charge is 2.47. The van der Waals surface area contributed by atoms with Crippen LogP contribution in [0.1, 0.15) is 45.4 Å². The van der Waals surface area contributed by atoms with E-state index in [2.05, 4.69) is 13.0 Å². The first-order valence-corrected chi connectivity index (χ1v) is 7.13. The number of allylic oxidation sites excluding steroid dienone is 1. The molecule has 0 aliphatic heterocycles. The van der Waals surface area contributed by atoms with E-state index in [4.69, 9.17) is 5.73 Å². The van der Waals surface area contributed by atoms with Crippen molar-refractivity contribution >= 4 is 0 Å². The zero-order valence-electron chi connectivity index (χ0n) is 10.5. The van der Waals surface area contributed by atoms with Crippen molar-refractivity contribution in [3.8, 4) is 0 Å². The van der Waals surface area contributed by atoms with Gasteiger partial charge in [0.05, 0.1) is 0 Å². The van der Waals surface area contributed by atoms with Crippen molar-refractivity contribution in [1.29, 1.82) is 0 Å². The third-order valence-corrected chi connectivity index (χ3v) is 5.32. The van der Waals surface area contributed by atoms with Crippen molar-refractivity contribution < 1.29 is 0 Å². The summed E-state index contributed by atoms with van der Waals surface area (Å²) in [5, 5.41) is 0. The Bertz CT molecular complexity index is 264. The van der Waals surface area contributed by atoms with Crippen LogP contribution >= 0.6 is 0 Å². The Balaban J connectivity index is 1.74. The maximum Gasteiger partial charge on any atom is -0.00400 e. The van der Waals surface area contributed by atoms with Crippen molar-refractivity contribution in [2.75, 3.05) is 6.54 Å². The molecule has 0 unspecified atom stereocenters. The molecule has 16 heavy (non-hydrogen) atoms. The Kier molecular flexibility index (Phi) is 2.83. The van der Waals surface area contributed by atoms with Gasteiger partial charge in [0.25, 0.3) is 0 Å². The molecule has 0 aromatic rings. The quantitative estimate of drug-likeness (QED) is 0.724. The number of rotatable bonds is 3. The fourth-order valence-corrected chi connectivity index (χ4v) is 4.88. The fraction of sp³-hybridized carbons (Fsp3) is 0.867. The first-order valence-electron chi connectivity index (χ1n) is 7.13. The predicted molar refractivity (Wildman–Crippen MR) is 68.0 cm³/mol. The van der Waals surface area contributed by atoms with Crippen molar-refractivity contribution in [3.05, 3.63) is 11.6 Å². The van der Waals surface area contributed by atoms with E-state index < -0.39 is 0 Å². The first kappa shape index (κ1) is 10.8. The standard InChI is InChI=1S/C15H25N/c1-10(2-3-16)4-15-13-6-11-5-12(8-13)9-14(15)7-11/h4,11-15H,2-3,5-9,16H2,1H3/b10-4+. The normalized spacial score (nSPS) is 46.4. The van der Waals surface area contributed by atoms with E-state index in [0.29, 0.717) is 0 Å². The monoisotopic (exact) mass is 219 g/mol. The summed E-state index contributed by atoms with van der Waals surface area (Å²) in [5.41, 5.74) is 7.18. The minimum Gasteiger partial charge on any atom is -0.330 e. The lowest BCUT2D eigenvalue weighted by Crippen LogP contribution is -2.44. The van der Waals surface area contributed by atoms with Gasteiger partial charge in [-0.3, -0.25) is 0 Å². The molecular formula is C15H25N. The molecular weight excluding hydrogens is 194 g/mol. The molecule has 0 saturated heterocycles. The van der Waals surface area contributed by atoms with Crippen LogP contribution in [0.4, 0.5) is 0 Å². The largest absolute Gasteiger partial charge is 0.330 e. The van der Waals surface area contributed by atoms with E-state index in [9.17, 15) is 0 Å². The van der Waals surface area contributed by atoms with Gasteiger partial charge >= 0.3 is 0 Å². The highest BCUT2D eigenvalue weighted by molar-refractivity contribution is 5.10. The SMILES string of the molecule is C/C(=C\C1C2CC3CC(C2)CC1C3)CCN. The summed E-state index contributed by atoms with van der Waals surface area (Å²) in [6.07, 6.45) is 11.4. The lowest BCUT2D eigenvalue weighted by atomic mass is 9.52. The van der Waals surface area contributed by atoms with E-state index in [-0.39, 0.29) is 0 Å². The minimum atomic E-state index is 0.815. The zero-order chi connectivity index (χ0) is 11.1. The van der Waals surface area contributed by atoms with Gasteiger partial charge in [-0.1, -0.05) is 11.6 Å². The average Bonchev–Trinajstić information content (AvgIpc) is 2.23. The number of hydrogen-bond donors (Lipinski definition) is 1. The van der Waals surface area contributed by atoms with Crippen molar-refractivity contribution in [3.63, 3.8) is 0 Å². The smallest absolute Gasteiger partial charge is 0.00400 e. The van der Waals surface area contributed by atoms with E-state index in [0.717, 1.165) is 42.6 Å². The highest BCUT2D eigenvalue weighted by Crippen LogP contribution is 2.57.